The third-order valence-corrected chi connectivity index (χ3v) is 3.48. The predicted octanol–water partition coefficient (Wildman–Crippen LogP) is 1.65. The third kappa shape index (κ3) is 4.47. The van der Waals surface area contributed by atoms with Gasteiger partial charge in [0.1, 0.15) is 12.4 Å². The molecule has 4 heteroatoms. The van der Waals surface area contributed by atoms with Gasteiger partial charge in [0, 0.05) is 30.8 Å². The van der Waals surface area contributed by atoms with Gasteiger partial charge in [0.25, 0.3) is 0 Å². The van der Waals surface area contributed by atoms with E-state index in [1.807, 2.05) is 18.2 Å². The number of benzene rings is 1. The lowest BCUT2D eigenvalue weighted by Crippen LogP contribution is -2.44. The van der Waals surface area contributed by atoms with Gasteiger partial charge < -0.3 is 14.6 Å². The molecule has 1 heterocycles. The molecule has 0 amide bonds. The summed E-state index contributed by atoms with van der Waals surface area (Å²) in [6.45, 7) is 6.72. The van der Waals surface area contributed by atoms with Crippen LogP contribution in [0.4, 0.5) is 0 Å². The number of methoxy groups -OCH3 is 1. The standard InChI is InChI=1S/C17H23NO3/c1-13-10-18(11-14(2)21-13)12-16-9-15(5-4-8-19)6-7-17(16)20-3/h6-7,9,13-14,19H,8,10-12H2,1-3H3. The van der Waals surface area contributed by atoms with Crippen molar-refractivity contribution in [3.05, 3.63) is 29.3 Å². The summed E-state index contributed by atoms with van der Waals surface area (Å²) in [6, 6.07) is 5.88. The molecule has 2 atom stereocenters. The average Bonchev–Trinajstić information content (AvgIpc) is 2.44. The largest absolute Gasteiger partial charge is 0.496 e. The van der Waals surface area contributed by atoms with Crippen LogP contribution >= 0.6 is 0 Å². The number of aliphatic hydroxyl groups excluding tert-OH is 1. The fourth-order valence-corrected chi connectivity index (χ4v) is 2.78. The van der Waals surface area contributed by atoms with E-state index in [4.69, 9.17) is 14.6 Å². The smallest absolute Gasteiger partial charge is 0.123 e. The van der Waals surface area contributed by atoms with E-state index in [1.54, 1.807) is 7.11 Å². The molecule has 1 aliphatic heterocycles. The summed E-state index contributed by atoms with van der Waals surface area (Å²) in [7, 11) is 1.68. The molecule has 1 saturated heterocycles. The van der Waals surface area contributed by atoms with E-state index in [-0.39, 0.29) is 18.8 Å². The minimum absolute atomic E-state index is 0.125. The van der Waals surface area contributed by atoms with Gasteiger partial charge in [0.15, 0.2) is 0 Å². The highest BCUT2D eigenvalue weighted by atomic mass is 16.5. The minimum atomic E-state index is -0.125. The van der Waals surface area contributed by atoms with Crippen LogP contribution in [0.1, 0.15) is 25.0 Å². The Morgan fingerprint density at radius 2 is 2.05 bits per heavy atom. The van der Waals surface area contributed by atoms with Crippen molar-refractivity contribution < 1.29 is 14.6 Å². The molecule has 1 aliphatic rings. The predicted molar refractivity (Wildman–Crippen MR) is 82.2 cm³/mol. The zero-order valence-electron chi connectivity index (χ0n) is 12.9. The van der Waals surface area contributed by atoms with Crippen molar-refractivity contribution in [3.8, 4) is 17.6 Å². The SMILES string of the molecule is COc1ccc(C#CCO)cc1CN1CC(C)OC(C)C1. The Hall–Kier alpha value is -1.54. The maximum Gasteiger partial charge on any atom is 0.123 e. The molecule has 0 radical (unpaired) electrons. The Morgan fingerprint density at radius 3 is 2.67 bits per heavy atom. The molecular weight excluding hydrogens is 266 g/mol. The van der Waals surface area contributed by atoms with Gasteiger partial charge in [0.2, 0.25) is 0 Å². The molecule has 2 rings (SSSR count). The molecular formula is C17H23NO3. The molecule has 1 N–H and O–H groups in total. The lowest BCUT2D eigenvalue weighted by molar-refractivity contribution is -0.0706. The number of rotatable bonds is 3. The fourth-order valence-electron chi connectivity index (χ4n) is 2.78. The second-order valence-electron chi connectivity index (χ2n) is 5.44. The van der Waals surface area contributed by atoms with Crippen LogP contribution in [0.15, 0.2) is 18.2 Å². The Labute approximate surface area is 126 Å². The molecule has 0 aliphatic carbocycles. The number of ether oxygens (including phenoxy) is 2. The van der Waals surface area contributed by atoms with Crippen molar-refractivity contribution in [3.63, 3.8) is 0 Å². The van der Waals surface area contributed by atoms with Crippen LogP contribution in [0.5, 0.6) is 5.75 Å². The first-order valence-electron chi connectivity index (χ1n) is 7.27. The van der Waals surface area contributed by atoms with Gasteiger partial charge in [-0.1, -0.05) is 11.8 Å². The number of hydrogen-bond donors (Lipinski definition) is 1. The fraction of sp³-hybridized carbons (Fsp3) is 0.529. The summed E-state index contributed by atoms with van der Waals surface area (Å²) in [5.74, 6) is 6.49. The Kier molecular flexibility index (Phi) is 5.63. The first-order chi connectivity index (χ1) is 10.1. The zero-order valence-corrected chi connectivity index (χ0v) is 12.9. The lowest BCUT2D eigenvalue weighted by Gasteiger charge is -2.35. The van der Waals surface area contributed by atoms with Crippen molar-refractivity contribution >= 4 is 0 Å². The van der Waals surface area contributed by atoms with E-state index >= 15 is 0 Å². The molecule has 1 fully saturated rings. The first kappa shape index (κ1) is 15.8. The molecule has 0 spiro atoms. The monoisotopic (exact) mass is 289 g/mol. The number of morpholine rings is 1. The average molecular weight is 289 g/mol. The highest BCUT2D eigenvalue weighted by molar-refractivity contribution is 5.44. The van der Waals surface area contributed by atoms with E-state index in [0.29, 0.717) is 0 Å². The Balaban J connectivity index is 2.16. The van der Waals surface area contributed by atoms with Crippen LogP contribution in [0.2, 0.25) is 0 Å². The van der Waals surface area contributed by atoms with Crippen molar-refractivity contribution in [2.45, 2.75) is 32.6 Å². The van der Waals surface area contributed by atoms with Crippen LogP contribution in [0, 0.1) is 11.8 Å². The molecule has 21 heavy (non-hydrogen) atoms. The summed E-state index contributed by atoms with van der Waals surface area (Å²) in [5, 5.41) is 8.80. The van der Waals surface area contributed by atoms with Crippen molar-refractivity contribution in [1.29, 1.82) is 0 Å². The summed E-state index contributed by atoms with van der Waals surface area (Å²) < 4.78 is 11.2. The maximum absolute atomic E-state index is 8.80. The molecule has 114 valence electrons. The Morgan fingerprint density at radius 1 is 1.33 bits per heavy atom. The summed E-state index contributed by atoms with van der Waals surface area (Å²) in [5.41, 5.74) is 2.01. The van der Waals surface area contributed by atoms with Gasteiger partial charge in [-0.25, -0.2) is 0 Å². The van der Waals surface area contributed by atoms with E-state index in [0.717, 1.165) is 36.5 Å². The van der Waals surface area contributed by atoms with Crippen LogP contribution < -0.4 is 4.74 Å². The molecule has 0 bridgehead atoms. The summed E-state index contributed by atoms with van der Waals surface area (Å²) >= 11 is 0. The van der Waals surface area contributed by atoms with Crippen molar-refractivity contribution in [2.75, 3.05) is 26.8 Å². The quantitative estimate of drug-likeness (QED) is 0.859. The molecule has 0 aromatic heterocycles. The van der Waals surface area contributed by atoms with Gasteiger partial charge in [-0.15, -0.1) is 0 Å². The van der Waals surface area contributed by atoms with Crippen molar-refractivity contribution in [2.24, 2.45) is 0 Å². The normalized spacial score (nSPS) is 22.5. The maximum atomic E-state index is 8.80. The second-order valence-corrected chi connectivity index (χ2v) is 5.44. The van der Waals surface area contributed by atoms with E-state index in [2.05, 4.69) is 30.6 Å². The van der Waals surface area contributed by atoms with E-state index in [1.165, 1.54) is 0 Å². The van der Waals surface area contributed by atoms with Crippen molar-refractivity contribution in [1.82, 2.24) is 4.90 Å². The van der Waals surface area contributed by atoms with Crippen LogP contribution in [0.25, 0.3) is 0 Å². The van der Waals surface area contributed by atoms with Crippen LogP contribution in [0.3, 0.4) is 0 Å². The number of aliphatic hydroxyl groups is 1. The molecule has 0 saturated carbocycles. The third-order valence-electron chi connectivity index (χ3n) is 3.48. The zero-order chi connectivity index (χ0) is 15.2. The molecule has 1 aromatic rings. The van der Waals surface area contributed by atoms with Gasteiger partial charge in [0.05, 0.1) is 19.3 Å². The highest BCUT2D eigenvalue weighted by Gasteiger charge is 2.22. The highest BCUT2D eigenvalue weighted by Crippen LogP contribution is 2.23. The van der Waals surface area contributed by atoms with Crippen LogP contribution in [-0.4, -0.2) is 49.0 Å². The lowest BCUT2D eigenvalue weighted by atomic mass is 10.1. The second kappa shape index (κ2) is 7.46. The van der Waals surface area contributed by atoms with E-state index < -0.39 is 0 Å². The van der Waals surface area contributed by atoms with Crippen LogP contribution in [-0.2, 0) is 11.3 Å². The summed E-state index contributed by atoms with van der Waals surface area (Å²) in [4.78, 5) is 2.37. The topological polar surface area (TPSA) is 41.9 Å². The van der Waals surface area contributed by atoms with Gasteiger partial charge in [-0.05, 0) is 32.0 Å². The van der Waals surface area contributed by atoms with E-state index in [9.17, 15) is 0 Å². The molecule has 2 unspecified atom stereocenters. The van der Waals surface area contributed by atoms with Gasteiger partial charge in [-0.3, -0.25) is 4.90 Å². The minimum Gasteiger partial charge on any atom is -0.496 e. The van der Waals surface area contributed by atoms with Gasteiger partial charge in [-0.2, -0.15) is 0 Å². The number of nitrogens with zero attached hydrogens (tertiary/aromatic N) is 1. The Bertz CT molecular complexity index is 523. The molecule has 1 aromatic carbocycles. The summed E-state index contributed by atoms with van der Waals surface area (Å²) in [6.07, 6.45) is 0.495. The first-order valence-corrected chi connectivity index (χ1v) is 7.27. The number of hydrogen-bond acceptors (Lipinski definition) is 4. The van der Waals surface area contributed by atoms with Gasteiger partial charge >= 0.3 is 0 Å². The molecule has 4 nitrogen and oxygen atoms in total.